The molecule has 1 aromatic heterocycles. The summed E-state index contributed by atoms with van der Waals surface area (Å²) in [5, 5.41) is 0. The smallest absolute Gasteiger partial charge is 0.232 e. The Balaban J connectivity index is 1.69. The van der Waals surface area contributed by atoms with Gasteiger partial charge in [-0.2, -0.15) is 0 Å². The highest BCUT2D eigenvalue weighted by Crippen LogP contribution is 2.30. The zero-order valence-corrected chi connectivity index (χ0v) is 7.97. The molecular weight excluding hydrogens is 178 g/mol. The first-order valence-corrected chi connectivity index (χ1v) is 5.07. The summed E-state index contributed by atoms with van der Waals surface area (Å²) in [7, 11) is 0. The van der Waals surface area contributed by atoms with Gasteiger partial charge in [0.15, 0.2) is 0 Å². The Morgan fingerprint density at radius 3 is 3.00 bits per heavy atom. The van der Waals surface area contributed by atoms with Crippen LogP contribution in [-0.2, 0) is 0 Å². The van der Waals surface area contributed by atoms with Crippen LogP contribution < -0.4 is 4.74 Å². The molecule has 2 bridgehead atoms. The molecule has 2 aliphatic rings. The van der Waals surface area contributed by atoms with Crippen molar-refractivity contribution < 1.29 is 4.74 Å². The molecule has 2 saturated heterocycles. The van der Waals surface area contributed by atoms with E-state index < -0.39 is 0 Å². The van der Waals surface area contributed by atoms with Gasteiger partial charge in [0.25, 0.3) is 0 Å². The lowest BCUT2D eigenvalue weighted by atomic mass is 10.0. The maximum Gasteiger partial charge on any atom is 0.232 e. The van der Waals surface area contributed by atoms with Gasteiger partial charge in [0.2, 0.25) is 5.88 Å². The number of rotatable bonds is 2. The van der Waals surface area contributed by atoms with Crippen LogP contribution in [0, 0.1) is 5.92 Å². The van der Waals surface area contributed by atoms with Gasteiger partial charge in [-0.05, 0) is 13.0 Å². The number of hydrogen-bond donors (Lipinski definition) is 0. The third-order valence-electron chi connectivity index (χ3n) is 3.08. The first kappa shape index (κ1) is 8.17. The molecule has 0 amide bonds. The van der Waals surface area contributed by atoms with Crippen molar-refractivity contribution in [2.45, 2.75) is 12.5 Å². The van der Waals surface area contributed by atoms with E-state index in [2.05, 4.69) is 14.9 Å². The van der Waals surface area contributed by atoms with E-state index in [4.69, 9.17) is 4.74 Å². The van der Waals surface area contributed by atoms with E-state index in [-0.39, 0.29) is 0 Å². The van der Waals surface area contributed by atoms with Crippen LogP contribution in [0.2, 0.25) is 0 Å². The maximum absolute atomic E-state index is 5.79. The zero-order chi connectivity index (χ0) is 9.38. The van der Waals surface area contributed by atoms with Gasteiger partial charge in [0.1, 0.15) is 6.10 Å². The average molecular weight is 191 g/mol. The summed E-state index contributed by atoms with van der Waals surface area (Å²) in [6.07, 6.45) is 6.62. The lowest BCUT2D eigenvalue weighted by Crippen LogP contribution is -2.32. The van der Waals surface area contributed by atoms with E-state index in [1.807, 2.05) is 0 Å². The minimum atomic E-state index is 0.334. The van der Waals surface area contributed by atoms with Crippen molar-refractivity contribution in [1.29, 1.82) is 0 Å². The molecule has 0 aliphatic carbocycles. The molecule has 4 nitrogen and oxygen atoms in total. The summed E-state index contributed by atoms with van der Waals surface area (Å²) < 4.78 is 5.79. The topological polar surface area (TPSA) is 38.2 Å². The molecule has 14 heavy (non-hydrogen) atoms. The van der Waals surface area contributed by atoms with E-state index in [1.54, 1.807) is 18.6 Å². The summed E-state index contributed by atoms with van der Waals surface area (Å²) >= 11 is 0. The van der Waals surface area contributed by atoms with Gasteiger partial charge < -0.3 is 4.74 Å². The van der Waals surface area contributed by atoms with Crippen molar-refractivity contribution in [3.63, 3.8) is 0 Å². The highest BCUT2D eigenvalue weighted by atomic mass is 16.5. The number of ether oxygens (including phenoxy) is 1. The lowest BCUT2D eigenvalue weighted by Gasteiger charge is -2.22. The van der Waals surface area contributed by atoms with E-state index in [9.17, 15) is 0 Å². The van der Waals surface area contributed by atoms with E-state index in [1.165, 1.54) is 19.5 Å². The Morgan fingerprint density at radius 2 is 2.36 bits per heavy atom. The average Bonchev–Trinajstić information content (AvgIpc) is 2.81. The number of fused-ring (bicyclic) bond motifs is 2. The van der Waals surface area contributed by atoms with Crippen molar-refractivity contribution in [3.05, 3.63) is 18.6 Å². The van der Waals surface area contributed by atoms with Crippen molar-refractivity contribution in [1.82, 2.24) is 14.9 Å². The fraction of sp³-hybridized carbons (Fsp3) is 0.600. The quantitative estimate of drug-likeness (QED) is 0.684. The van der Waals surface area contributed by atoms with Gasteiger partial charge in [-0.15, -0.1) is 0 Å². The lowest BCUT2D eigenvalue weighted by molar-refractivity contribution is 0.135. The Bertz CT molecular complexity index is 316. The summed E-state index contributed by atoms with van der Waals surface area (Å²) in [4.78, 5) is 10.6. The SMILES string of the molecule is c1cnc(O[C@@H]2CN3CC[C@H]2C3)cn1. The minimum Gasteiger partial charge on any atom is -0.472 e. The molecule has 4 heteroatoms. The Hall–Kier alpha value is -1.16. The Kier molecular flexibility index (Phi) is 1.87. The molecule has 0 spiro atoms. The van der Waals surface area contributed by atoms with Crippen molar-refractivity contribution in [2.24, 2.45) is 5.92 Å². The van der Waals surface area contributed by atoms with Crippen LogP contribution in [0.1, 0.15) is 6.42 Å². The number of piperidine rings is 1. The third-order valence-corrected chi connectivity index (χ3v) is 3.08. The molecule has 1 unspecified atom stereocenters. The van der Waals surface area contributed by atoms with Crippen molar-refractivity contribution >= 4 is 0 Å². The van der Waals surface area contributed by atoms with Gasteiger partial charge >= 0.3 is 0 Å². The van der Waals surface area contributed by atoms with Crippen LogP contribution in [-0.4, -0.2) is 40.6 Å². The van der Waals surface area contributed by atoms with Crippen LogP contribution in [0.4, 0.5) is 0 Å². The third kappa shape index (κ3) is 1.35. The molecule has 0 radical (unpaired) electrons. The summed E-state index contributed by atoms with van der Waals surface area (Å²) in [5.74, 6) is 1.36. The van der Waals surface area contributed by atoms with Crippen molar-refractivity contribution in [2.75, 3.05) is 19.6 Å². The van der Waals surface area contributed by atoms with Gasteiger partial charge in [-0.3, -0.25) is 9.88 Å². The molecule has 0 saturated carbocycles. The number of hydrogen-bond acceptors (Lipinski definition) is 4. The molecule has 2 fully saturated rings. The van der Waals surface area contributed by atoms with Gasteiger partial charge in [0.05, 0.1) is 6.20 Å². The van der Waals surface area contributed by atoms with Gasteiger partial charge in [-0.1, -0.05) is 0 Å². The largest absolute Gasteiger partial charge is 0.472 e. The molecule has 3 heterocycles. The molecule has 74 valence electrons. The number of nitrogens with zero attached hydrogens (tertiary/aromatic N) is 3. The molecular formula is C10H13N3O. The fourth-order valence-corrected chi connectivity index (χ4v) is 2.37. The highest BCUT2D eigenvalue weighted by Gasteiger charge is 2.39. The maximum atomic E-state index is 5.79. The molecule has 0 N–H and O–H groups in total. The second-order valence-electron chi connectivity index (χ2n) is 4.01. The molecule has 2 aliphatic heterocycles. The van der Waals surface area contributed by atoms with Gasteiger partial charge in [0, 0.05) is 31.4 Å². The van der Waals surface area contributed by atoms with Crippen LogP contribution in [0.25, 0.3) is 0 Å². The summed E-state index contributed by atoms with van der Waals surface area (Å²) in [5.41, 5.74) is 0. The first-order chi connectivity index (χ1) is 6.92. The predicted octanol–water partition coefficient (Wildman–Crippen LogP) is 0.559. The zero-order valence-electron chi connectivity index (χ0n) is 7.97. The highest BCUT2D eigenvalue weighted by molar-refractivity contribution is 5.04. The monoisotopic (exact) mass is 191 g/mol. The van der Waals surface area contributed by atoms with E-state index >= 15 is 0 Å². The summed E-state index contributed by atoms with van der Waals surface area (Å²) in [6.45, 7) is 3.50. The molecule has 1 aromatic rings. The second-order valence-corrected chi connectivity index (χ2v) is 4.01. The number of aromatic nitrogens is 2. The first-order valence-electron chi connectivity index (χ1n) is 5.07. The van der Waals surface area contributed by atoms with Crippen molar-refractivity contribution in [3.8, 4) is 5.88 Å². The summed E-state index contributed by atoms with van der Waals surface area (Å²) in [6, 6.07) is 0. The molecule has 0 aromatic carbocycles. The predicted molar refractivity (Wildman–Crippen MR) is 51.0 cm³/mol. The van der Waals surface area contributed by atoms with Crippen LogP contribution in [0.3, 0.4) is 0 Å². The normalized spacial score (nSPS) is 34.7. The Labute approximate surface area is 82.9 Å². The van der Waals surface area contributed by atoms with E-state index in [0.29, 0.717) is 17.9 Å². The minimum absolute atomic E-state index is 0.334. The van der Waals surface area contributed by atoms with Crippen LogP contribution >= 0.6 is 0 Å². The van der Waals surface area contributed by atoms with Crippen LogP contribution in [0.15, 0.2) is 18.6 Å². The van der Waals surface area contributed by atoms with Crippen LogP contribution in [0.5, 0.6) is 5.88 Å². The Morgan fingerprint density at radius 1 is 1.36 bits per heavy atom. The molecule has 3 atom stereocenters. The molecule has 3 rings (SSSR count). The fourth-order valence-electron chi connectivity index (χ4n) is 2.37. The standard InChI is InChI=1S/C10H13N3O/c1-4-13-6-8(1)9(7-13)14-10-5-11-2-3-12-10/h2-3,5,8-9H,1,4,6-7H2/t8-,9+/m0/s1. The van der Waals surface area contributed by atoms with E-state index in [0.717, 1.165) is 6.54 Å². The second kappa shape index (κ2) is 3.20. The van der Waals surface area contributed by atoms with Gasteiger partial charge in [-0.25, -0.2) is 4.98 Å².